The molecule has 6 heteroatoms. The van der Waals surface area contributed by atoms with Crippen molar-refractivity contribution >= 4 is 17.5 Å². The number of nitrogens with one attached hydrogen (secondary N) is 1. The van der Waals surface area contributed by atoms with Crippen LogP contribution in [0.1, 0.15) is 62.0 Å². The lowest BCUT2D eigenvalue weighted by atomic mass is 10.0. The molecule has 0 bridgehead atoms. The van der Waals surface area contributed by atoms with E-state index in [4.69, 9.17) is 11.6 Å². The van der Waals surface area contributed by atoms with E-state index >= 15 is 0 Å². The van der Waals surface area contributed by atoms with Gasteiger partial charge in [-0.05, 0) is 49.9 Å². The Morgan fingerprint density at radius 3 is 2.70 bits per heavy atom. The first-order valence-corrected chi connectivity index (χ1v) is 10.2. The van der Waals surface area contributed by atoms with Gasteiger partial charge in [-0.1, -0.05) is 38.4 Å². The second kappa shape index (κ2) is 8.89. The van der Waals surface area contributed by atoms with Crippen LogP contribution in [-0.4, -0.2) is 46.3 Å². The molecule has 0 unspecified atom stereocenters. The van der Waals surface area contributed by atoms with Gasteiger partial charge in [0, 0.05) is 24.2 Å². The predicted octanol–water partition coefficient (Wildman–Crippen LogP) is 4.25. The highest BCUT2D eigenvalue weighted by atomic mass is 35.5. The minimum atomic E-state index is -0.0269. The van der Waals surface area contributed by atoms with Crippen LogP contribution in [0.25, 0.3) is 5.69 Å². The lowest BCUT2D eigenvalue weighted by molar-refractivity contribution is 0.0910. The van der Waals surface area contributed by atoms with Crippen molar-refractivity contribution in [3.05, 3.63) is 46.7 Å². The van der Waals surface area contributed by atoms with Crippen molar-refractivity contribution in [3.63, 3.8) is 0 Å². The van der Waals surface area contributed by atoms with Gasteiger partial charge >= 0.3 is 0 Å². The van der Waals surface area contributed by atoms with Crippen molar-refractivity contribution in [2.75, 3.05) is 19.6 Å². The number of aromatic nitrogens is 2. The highest BCUT2D eigenvalue weighted by molar-refractivity contribution is 6.30. The second-order valence-electron chi connectivity index (χ2n) is 7.58. The number of hydrogen-bond donors (Lipinski definition) is 1. The van der Waals surface area contributed by atoms with Crippen LogP contribution in [0.15, 0.2) is 30.5 Å². The molecule has 0 spiro atoms. The number of amides is 1. The van der Waals surface area contributed by atoms with Gasteiger partial charge in [-0.25, -0.2) is 4.68 Å². The van der Waals surface area contributed by atoms with Crippen molar-refractivity contribution < 1.29 is 4.79 Å². The molecule has 1 saturated heterocycles. The van der Waals surface area contributed by atoms with Gasteiger partial charge in [0.25, 0.3) is 5.91 Å². The smallest absolute Gasteiger partial charge is 0.255 e. The maximum absolute atomic E-state index is 13.0. The summed E-state index contributed by atoms with van der Waals surface area (Å²) in [5.41, 5.74) is 2.44. The van der Waals surface area contributed by atoms with Crippen LogP contribution in [0.4, 0.5) is 0 Å². The highest BCUT2D eigenvalue weighted by Crippen LogP contribution is 2.25. The Hall–Kier alpha value is -1.85. The molecule has 2 aromatic rings. The molecular formula is C21H29ClN4O. The van der Waals surface area contributed by atoms with Crippen molar-refractivity contribution in [3.8, 4) is 5.69 Å². The first-order chi connectivity index (χ1) is 13.0. The second-order valence-corrected chi connectivity index (χ2v) is 8.02. The van der Waals surface area contributed by atoms with E-state index in [1.165, 1.54) is 6.42 Å². The Labute approximate surface area is 166 Å². The van der Waals surface area contributed by atoms with Crippen LogP contribution in [0.3, 0.4) is 0 Å². The van der Waals surface area contributed by atoms with Crippen molar-refractivity contribution in [2.24, 2.45) is 0 Å². The fourth-order valence-corrected chi connectivity index (χ4v) is 3.97. The average Bonchev–Trinajstić information content (AvgIpc) is 3.09. The number of rotatable bonds is 6. The van der Waals surface area contributed by atoms with Crippen LogP contribution in [0, 0.1) is 0 Å². The number of benzene rings is 1. The van der Waals surface area contributed by atoms with Gasteiger partial charge in [0.15, 0.2) is 0 Å². The summed E-state index contributed by atoms with van der Waals surface area (Å²) in [6.45, 7) is 9.62. The number of carbonyl (C=O) groups excluding carboxylic acids is 1. The third-order valence-corrected chi connectivity index (χ3v) is 5.35. The van der Waals surface area contributed by atoms with Crippen molar-refractivity contribution in [1.29, 1.82) is 0 Å². The minimum Gasteiger partial charge on any atom is -0.349 e. The van der Waals surface area contributed by atoms with E-state index in [1.54, 1.807) is 6.20 Å². The molecular weight excluding hydrogens is 360 g/mol. The first kappa shape index (κ1) is 19.9. The lowest BCUT2D eigenvalue weighted by Gasteiger charge is -2.32. The van der Waals surface area contributed by atoms with E-state index in [2.05, 4.69) is 36.1 Å². The van der Waals surface area contributed by atoms with E-state index in [1.807, 2.05) is 28.9 Å². The number of likely N-dealkylation sites (tertiary alicyclic amines) is 1. The van der Waals surface area contributed by atoms with Crippen molar-refractivity contribution in [2.45, 2.75) is 52.0 Å². The molecule has 27 heavy (non-hydrogen) atoms. The molecule has 2 heterocycles. The molecule has 1 N–H and O–H groups in total. The van der Waals surface area contributed by atoms with E-state index in [0.717, 1.165) is 43.9 Å². The largest absolute Gasteiger partial charge is 0.349 e. The number of halogens is 1. The highest BCUT2D eigenvalue weighted by Gasteiger charge is 2.25. The zero-order valence-electron chi connectivity index (χ0n) is 16.4. The third kappa shape index (κ3) is 4.71. The van der Waals surface area contributed by atoms with Gasteiger partial charge in [-0.15, -0.1) is 0 Å². The van der Waals surface area contributed by atoms with Crippen LogP contribution in [0.2, 0.25) is 5.02 Å². The summed E-state index contributed by atoms with van der Waals surface area (Å²) < 4.78 is 1.83. The molecule has 1 aromatic carbocycles. The number of carbonyl (C=O) groups is 1. The Morgan fingerprint density at radius 2 is 2.07 bits per heavy atom. The fraction of sp³-hybridized carbons (Fsp3) is 0.524. The lowest BCUT2D eigenvalue weighted by Crippen LogP contribution is -2.44. The molecule has 5 nitrogen and oxygen atoms in total. The van der Waals surface area contributed by atoms with Gasteiger partial charge < -0.3 is 10.2 Å². The van der Waals surface area contributed by atoms with Gasteiger partial charge in [0.1, 0.15) is 0 Å². The van der Waals surface area contributed by atoms with Gasteiger partial charge in [0.2, 0.25) is 0 Å². The zero-order valence-corrected chi connectivity index (χ0v) is 17.2. The summed E-state index contributed by atoms with van der Waals surface area (Å²) >= 11 is 6.13. The minimum absolute atomic E-state index is 0.0269. The fourth-order valence-electron chi connectivity index (χ4n) is 3.78. The van der Waals surface area contributed by atoms with E-state index in [9.17, 15) is 4.79 Å². The quantitative estimate of drug-likeness (QED) is 0.804. The monoisotopic (exact) mass is 388 g/mol. The molecule has 0 radical (unpaired) electrons. The van der Waals surface area contributed by atoms with Crippen molar-refractivity contribution in [1.82, 2.24) is 20.0 Å². The third-order valence-electron chi connectivity index (χ3n) is 5.11. The summed E-state index contributed by atoms with van der Waals surface area (Å²) in [5.74, 6) is 0.138. The van der Waals surface area contributed by atoms with Gasteiger partial charge in [-0.2, -0.15) is 5.10 Å². The summed E-state index contributed by atoms with van der Waals surface area (Å²) in [7, 11) is 0. The normalized spacial score (nSPS) is 16.0. The number of nitrogens with zero attached hydrogens (tertiary/aromatic N) is 3. The van der Waals surface area contributed by atoms with E-state index in [0.29, 0.717) is 10.6 Å². The Morgan fingerprint density at radius 1 is 1.33 bits per heavy atom. The average molecular weight is 389 g/mol. The van der Waals surface area contributed by atoms with E-state index in [-0.39, 0.29) is 17.9 Å². The maximum Gasteiger partial charge on any atom is 0.255 e. The van der Waals surface area contributed by atoms with E-state index < -0.39 is 0 Å². The molecule has 1 aliphatic heterocycles. The first-order valence-electron chi connectivity index (χ1n) is 9.86. The Balaban J connectivity index is 1.76. The molecule has 0 saturated carbocycles. The van der Waals surface area contributed by atoms with Gasteiger partial charge in [0.05, 0.1) is 23.1 Å². The molecule has 0 atom stereocenters. The molecule has 0 aliphatic carbocycles. The van der Waals surface area contributed by atoms with Crippen LogP contribution < -0.4 is 5.32 Å². The summed E-state index contributed by atoms with van der Waals surface area (Å²) in [6.07, 6.45) is 4.87. The summed E-state index contributed by atoms with van der Waals surface area (Å²) in [5, 5.41) is 8.37. The molecule has 1 fully saturated rings. The molecule has 1 aliphatic rings. The Bertz CT molecular complexity index is 778. The van der Waals surface area contributed by atoms with Gasteiger partial charge in [-0.3, -0.25) is 4.79 Å². The topological polar surface area (TPSA) is 50.2 Å². The summed E-state index contributed by atoms with van der Waals surface area (Å²) in [4.78, 5) is 15.4. The predicted molar refractivity (Wildman–Crippen MR) is 110 cm³/mol. The zero-order chi connectivity index (χ0) is 19.4. The summed E-state index contributed by atoms with van der Waals surface area (Å²) in [6, 6.07) is 7.79. The standard InChI is InChI=1S/C21H29ClN4O/c1-4-10-25-11-8-17(9-12-25)24-21(27)19-14-23-26(20(19)15(2)3)18-7-5-6-16(22)13-18/h5-7,13-15,17H,4,8-12H2,1-3H3,(H,24,27). The van der Waals surface area contributed by atoms with Crippen LogP contribution in [-0.2, 0) is 0 Å². The molecule has 1 amide bonds. The Kier molecular flexibility index (Phi) is 6.55. The number of piperidine rings is 1. The van der Waals surface area contributed by atoms with Crippen LogP contribution in [0.5, 0.6) is 0 Å². The molecule has 1 aromatic heterocycles. The maximum atomic E-state index is 13.0. The van der Waals surface area contributed by atoms with Crippen LogP contribution >= 0.6 is 11.6 Å². The molecule has 3 rings (SSSR count). The number of hydrogen-bond acceptors (Lipinski definition) is 3. The molecule has 146 valence electrons. The SMILES string of the molecule is CCCN1CCC(NC(=O)c2cnn(-c3cccc(Cl)c3)c2C(C)C)CC1.